The van der Waals surface area contributed by atoms with E-state index < -0.39 is 32.3 Å². The molecule has 1 N–H and O–H groups in total. The van der Waals surface area contributed by atoms with Crippen LogP contribution in [0, 0.1) is 0 Å². The van der Waals surface area contributed by atoms with Gasteiger partial charge in [0.25, 0.3) is 5.24 Å². The molecule has 2 atom stereocenters. The first-order chi connectivity index (χ1) is 12.8. The maximum atomic E-state index is 12.9. The molecule has 2 aliphatic heterocycles. The predicted octanol–water partition coefficient (Wildman–Crippen LogP) is 0.953. The molecule has 0 saturated carbocycles. The zero-order valence-electron chi connectivity index (χ0n) is 14.7. The van der Waals surface area contributed by atoms with Gasteiger partial charge < -0.3 is 9.64 Å². The second-order valence-electron chi connectivity index (χ2n) is 6.51. The lowest BCUT2D eigenvalue weighted by atomic mass is 10.1. The Bertz CT molecular complexity index is 853. The van der Waals surface area contributed by atoms with Gasteiger partial charge in [0.2, 0.25) is 11.8 Å². The Morgan fingerprint density at radius 2 is 2.00 bits per heavy atom. The molecule has 3 amide bonds. The van der Waals surface area contributed by atoms with Crippen LogP contribution in [0.4, 0.5) is 4.79 Å². The average Bonchev–Trinajstić information content (AvgIpc) is 3.13. The standard InChI is InChI=1S/C17H20N2O6S2/c1-25-13-4-2-11(3-5-13)9-19(12-6-7-27(23,24)10-12)15(20)8-14-16(21)18-17(22)26-14/h2-5,12,14H,6-10H2,1H3,(H,18,21,22). The van der Waals surface area contributed by atoms with Gasteiger partial charge in [0.1, 0.15) is 11.0 Å². The molecule has 146 valence electrons. The van der Waals surface area contributed by atoms with Crippen molar-refractivity contribution < 1.29 is 27.5 Å². The lowest BCUT2D eigenvalue weighted by Crippen LogP contribution is -2.42. The summed E-state index contributed by atoms with van der Waals surface area (Å²) in [6.07, 6.45) is 0.224. The maximum absolute atomic E-state index is 12.9. The van der Waals surface area contributed by atoms with Gasteiger partial charge >= 0.3 is 0 Å². The van der Waals surface area contributed by atoms with Gasteiger partial charge in [0, 0.05) is 19.0 Å². The topological polar surface area (TPSA) is 110 Å². The van der Waals surface area contributed by atoms with E-state index in [1.165, 1.54) is 4.90 Å². The highest BCUT2D eigenvalue weighted by Crippen LogP contribution is 2.26. The number of benzene rings is 1. The SMILES string of the molecule is COc1ccc(CN(C(=O)CC2SC(=O)NC2=O)C2CCS(=O)(=O)C2)cc1. The molecular formula is C17H20N2O6S2. The Kier molecular flexibility index (Phi) is 5.75. The van der Waals surface area contributed by atoms with E-state index in [0.29, 0.717) is 12.2 Å². The molecule has 0 aliphatic carbocycles. The number of hydrogen-bond acceptors (Lipinski definition) is 7. The highest BCUT2D eigenvalue weighted by atomic mass is 32.2. The Labute approximate surface area is 161 Å². The van der Waals surface area contributed by atoms with Crippen molar-refractivity contribution in [3.8, 4) is 5.75 Å². The first kappa shape index (κ1) is 19.7. The van der Waals surface area contributed by atoms with Crippen molar-refractivity contribution in [1.82, 2.24) is 10.2 Å². The average molecular weight is 412 g/mol. The highest BCUT2D eigenvalue weighted by Gasteiger charge is 2.38. The first-order valence-corrected chi connectivity index (χ1v) is 11.1. The van der Waals surface area contributed by atoms with E-state index in [1.54, 1.807) is 19.2 Å². The van der Waals surface area contributed by atoms with Crippen LogP contribution in [0.5, 0.6) is 5.75 Å². The number of methoxy groups -OCH3 is 1. The quantitative estimate of drug-likeness (QED) is 0.741. The minimum absolute atomic E-state index is 0.0429. The van der Waals surface area contributed by atoms with E-state index in [9.17, 15) is 22.8 Å². The number of ether oxygens (including phenoxy) is 1. The third-order valence-corrected chi connectivity index (χ3v) is 7.34. The van der Waals surface area contributed by atoms with Crippen molar-refractivity contribution in [3.05, 3.63) is 29.8 Å². The Morgan fingerprint density at radius 1 is 1.30 bits per heavy atom. The lowest BCUT2D eigenvalue weighted by Gasteiger charge is -2.29. The second-order valence-corrected chi connectivity index (χ2v) is 9.92. The maximum Gasteiger partial charge on any atom is 0.286 e. The molecule has 3 rings (SSSR count). The summed E-state index contributed by atoms with van der Waals surface area (Å²) < 4.78 is 28.9. The molecule has 27 heavy (non-hydrogen) atoms. The summed E-state index contributed by atoms with van der Waals surface area (Å²) >= 11 is 0.791. The van der Waals surface area contributed by atoms with Gasteiger partial charge in [-0.2, -0.15) is 0 Å². The van der Waals surface area contributed by atoms with E-state index in [2.05, 4.69) is 5.32 Å². The van der Waals surface area contributed by atoms with Gasteiger partial charge in [-0.1, -0.05) is 23.9 Å². The fourth-order valence-electron chi connectivity index (χ4n) is 3.17. The molecule has 0 bridgehead atoms. The van der Waals surface area contributed by atoms with Crippen molar-refractivity contribution in [2.24, 2.45) is 0 Å². The molecular weight excluding hydrogens is 392 g/mol. The summed E-state index contributed by atoms with van der Waals surface area (Å²) in [7, 11) is -1.62. The van der Waals surface area contributed by atoms with E-state index >= 15 is 0 Å². The number of rotatable bonds is 6. The van der Waals surface area contributed by atoms with Gasteiger partial charge in [0.05, 0.1) is 18.6 Å². The summed E-state index contributed by atoms with van der Waals surface area (Å²) in [6, 6.07) is 6.71. The number of thioether (sulfide) groups is 1. The normalized spacial score (nSPS) is 23.9. The zero-order chi connectivity index (χ0) is 19.6. The smallest absolute Gasteiger partial charge is 0.286 e. The summed E-state index contributed by atoms with van der Waals surface area (Å²) in [6.45, 7) is 0.232. The summed E-state index contributed by atoms with van der Waals surface area (Å²) in [4.78, 5) is 37.5. The van der Waals surface area contributed by atoms with Crippen LogP contribution in [0.2, 0.25) is 0 Å². The Hall–Kier alpha value is -2.07. The number of amides is 3. The predicted molar refractivity (Wildman–Crippen MR) is 100 cm³/mol. The molecule has 0 radical (unpaired) electrons. The van der Waals surface area contributed by atoms with Crippen LogP contribution in [-0.2, 0) is 26.0 Å². The number of carbonyl (C=O) groups is 3. The van der Waals surface area contributed by atoms with E-state index in [1.807, 2.05) is 12.1 Å². The minimum atomic E-state index is -3.18. The molecule has 2 saturated heterocycles. The van der Waals surface area contributed by atoms with E-state index in [-0.39, 0.29) is 30.4 Å². The van der Waals surface area contributed by atoms with Crippen molar-refractivity contribution in [1.29, 1.82) is 0 Å². The minimum Gasteiger partial charge on any atom is -0.497 e. The van der Waals surface area contributed by atoms with Crippen LogP contribution in [-0.4, -0.2) is 60.3 Å². The molecule has 1 aromatic carbocycles. The number of sulfone groups is 1. The second kappa shape index (κ2) is 7.89. The fourth-order valence-corrected chi connectivity index (χ4v) is 5.71. The van der Waals surface area contributed by atoms with Crippen molar-refractivity contribution in [3.63, 3.8) is 0 Å². The number of carbonyl (C=O) groups excluding carboxylic acids is 3. The van der Waals surface area contributed by atoms with E-state index in [4.69, 9.17) is 4.74 Å². The van der Waals surface area contributed by atoms with Crippen LogP contribution >= 0.6 is 11.8 Å². The number of imide groups is 1. The largest absolute Gasteiger partial charge is 0.497 e. The fraction of sp³-hybridized carbons (Fsp3) is 0.471. The molecule has 8 nitrogen and oxygen atoms in total. The van der Waals surface area contributed by atoms with Gasteiger partial charge in [-0.15, -0.1) is 0 Å². The molecule has 2 heterocycles. The van der Waals surface area contributed by atoms with Gasteiger partial charge in [-0.25, -0.2) is 8.42 Å². The van der Waals surface area contributed by atoms with Crippen LogP contribution in [0.15, 0.2) is 24.3 Å². The lowest BCUT2D eigenvalue weighted by molar-refractivity contribution is -0.135. The van der Waals surface area contributed by atoms with Crippen molar-refractivity contribution in [2.75, 3.05) is 18.6 Å². The number of nitrogens with one attached hydrogen (secondary N) is 1. The summed E-state index contributed by atoms with van der Waals surface area (Å²) in [5.41, 5.74) is 0.827. The molecule has 2 unspecified atom stereocenters. The first-order valence-electron chi connectivity index (χ1n) is 8.42. The van der Waals surface area contributed by atoms with Crippen molar-refractivity contribution >= 4 is 38.7 Å². The van der Waals surface area contributed by atoms with Crippen LogP contribution in [0.25, 0.3) is 0 Å². The van der Waals surface area contributed by atoms with Crippen LogP contribution in [0.3, 0.4) is 0 Å². The molecule has 0 aromatic heterocycles. The van der Waals surface area contributed by atoms with Gasteiger partial charge in [0.15, 0.2) is 9.84 Å². The molecule has 10 heteroatoms. The summed E-state index contributed by atoms with van der Waals surface area (Å²) in [5, 5.41) is 0.915. The zero-order valence-corrected chi connectivity index (χ0v) is 16.3. The van der Waals surface area contributed by atoms with E-state index in [0.717, 1.165) is 17.3 Å². The third kappa shape index (κ3) is 4.81. The molecule has 2 aliphatic rings. The highest BCUT2D eigenvalue weighted by molar-refractivity contribution is 8.15. The number of hydrogen-bond donors (Lipinski definition) is 1. The number of nitrogens with zero attached hydrogens (tertiary/aromatic N) is 1. The molecule has 2 fully saturated rings. The third-order valence-electron chi connectivity index (χ3n) is 4.61. The molecule has 1 aromatic rings. The van der Waals surface area contributed by atoms with Crippen molar-refractivity contribution in [2.45, 2.75) is 30.7 Å². The Balaban J connectivity index is 1.77. The van der Waals surface area contributed by atoms with Crippen LogP contribution in [0.1, 0.15) is 18.4 Å². The van der Waals surface area contributed by atoms with Gasteiger partial charge in [-0.3, -0.25) is 19.7 Å². The van der Waals surface area contributed by atoms with Crippen LogP contribution < -0.4 is 10.1 Å². The summed E-state index contributed by atoms with van der Waals surface area (Å²) in [5.74, 6) is -0.186. The monoisotopic (exact) mass is 412 g/mol. The molecule has 0 spiro atoms. The van der Waals surface area contributed by atoms with Gasteiger partial charge in [-0.05, 0) is 24.1 Å². The Morgan fingerprint density at radius 3 is 2.52 bits per heavy atom.